The van der Waals surface area contributed by atoms with Crippen LogP contribution in [0.2, 0.25) is 0 Å². The number of aliphatic imine (C=N–C) groups is 1. The van der Waals surface area contributed by atoms with Crippen LogP contribution in [0, 0.1) is 0 Å². The number of nitrogens with zero attached hydrogens (tertiary/aromatic N) is 4. The van der Waals surface area contributed by atoms with Gasteiger partial charge in [0.25, 0.3) is 0 Å². The molecular formula is C19H42IN5O3S. The minimum atomic E-state index is -3.27. The number of halogens is 1. The van der Waals surface area contributed by atoms with E-state index in [-0.39, 0.29) is 42.4 Å². The van der Waals surface area contributed by atoms with E-state index in [9.17, 15) is 8.42 Å². The second kappa shape index (κ2) is 14.8. The molecule has 1 atom stereocenters. The van der Waals surface area contributed by atoms with Gasteiger partial charge in [-0.05, 0) is 40.8 Å². The lowest BCUT2D eigenvalue weighted by molar-refractivity contribution is 0.0904. The van der Waals surface area contributed by atoms with Crippen molar-refractivity contribution >= 4 is 40.0 Å². The topological polar surface area (TPSA) is 77.5 Å². The molecule has 0 aromatic rings. The van der Waals surface area contributed by atoms with Crippen LogP contribution in [-0.2, 0) is 14.8 Å². The Morgan fingerprint density at radius 1 is 1.10 bits per heavy atom. The van der Waals surface area contributed by atoms with E-state index in [2.05, 4.69) is 42.8 Å². The molecule has 0 aliphatic carbocycles. The van der Waals surface area contributed by atoms with Crippen LogP contribution >= 0.6 is 24.0 Å². The summed E-state index contributed by atoms with van der Waals surface area (Å²) in [6, 6.07) is 0.381. The Morgan fingerprint density at radius 2 is 1.69 bits per heavy atom. The van der Waals surface area contributed by atoms with Gasteiger partial charge in [-0.25, -0.2) is 8.42 Å². The van der Waals surface area contributed by atoms with E-state index in [0.717, 1.165) is 32.1 Å². The monoisotopic (exact) mass is 547 g/mol. The van der Waals surface area contributed by atoms with Gasteiger partial charge in [-0.1, -0.05) is 13.8 Å². The quantitative estimate of drug-likeness (QED) is 0.241. The van der Waals surface area contributed by atoms with Gasteiger partial charge < -0.3 is 15.0 Å². The Hall–Kier alpha value is -0.170. The minimum Gasteiger partial charge on any atom is -0.378 e. The minimum absolute atomic E-state index is 0. The van der Waals surface area contributed by atoms with E-state index in [1.54, 1.807) is 4.31 Å². The van der Waals surface area contributed by atoms with Crippen molar-refractivity contribution < 1.29 is 13.2 Å². The molecule has 0 spiro atoms. The van der Waals surface area contributed by atoms with Crippen molar-refractivity contribution in [3.8, 4) is 0 Å². The largest absolute Gasteiger partial charge is 0.378 e. The fraction of sp³-hybridized carbons (Fsp3) is 0.947. The molecule has 1 heterocycles. The molecular weight excluding hydrogens is 505 g/mol. The van der Waals surface area contributed by atoms with E-state index >= 15 is 0 Å². The molecule has 1 rings (SSSR count). The fourth-order valence-corrected chi connectivity index (χ4v) is 4.59. The predicted octanol–water partition coefficient (Wildman–Crippen LogP) is 1.67. The average Bonchev–Trinajstić information content (AvgIpc) is 2.65. The molecule has 0 amide bonds. The van der Waals surface area contributed by atoms with Gasteiger partial charge in [0.05, 0.1) is 25.0 Å². The third-order valence-corrected chi connectivity index (χ3v) is 6.83. The predicted molar refractivity (Wildman–Crippen MR) is 132 cm³/mol. The van der Waals surface area contributed by atoms with E-state index in [4.69, 9.17) is 9.73 Å². The Balaban J connectivity index is 0.00000784. The molecule has 174 valence electrons. The third-order valence-electron chi connectivity index (χ3n) is 5.00. The number of piperazine rings is 1. The number of likely N-dealkylation sites (N-methyl/N-ethyl adjacent to an activating group) is 1. The van der Waals surface area contributed by atoms with Crippen LogP contribution in [0.3, 0.4) is 0 Å². The van der Waals surface area contributed by atoms with Gasteiger partial charge >= 0.3 is 0 Å². The maximum absolute atomic E-state index is 12.5. The van der Waals surface area contributed by atoms with Gasteiger partial charge in [0.2, 0.25) is 10.0 Å². The average molecular weight is 548 g/mol. The summed E-state index contributed by atoms with van der Waals surface area (Å²) in [5.74, 6) is 0.919. The number of sulfonamides is 1. The van der Waals surface area contributed by atoms with E-state index in [1.807, 2.05) is 13.8 Å². The summed E-state index contributed by atoms with van der Waals surface area (Å²) in [6.07, 6.45) is 0.0460. The highest BCUT2D eigenvalue weighted by Crippen LogP contribution is 2.09. The molecule has 8 nitrogen and oxygen atoms in total. The fourth-order valence-electron chi connectivity index (χ4n) is 3.30. The zero-order valence-corrected chi connectivity index (χ0v) is 22.2. The Labute approximate surface area is 195 Å². The number of guanidine groups is 1. The van der Waals surface area contributed by atoms with Crippen LogP contribution in [-0.4, -0.2) is 105 Å². The molecule has 0 aromatic carbocycles. The van der Waals surface area contributed by atoms with Gasteiger partial charge in [-0.2, -0.15) is 4.31 Å². The molecule has 0 bridgehead atoms. The molecule has 1 aliphatic heterocycles. The second-order valence-corrected chi connectivity index (χ2v) is 9.47. The molecule has 0 aromatic heterocycles. The van der Waals surface area contributed by atoms with Crippen LogP contribution in [0.25, 0.3) is 0 Å². The maximum atomic E-state index is 12.5. The molecule has 1 N–H and O–H groups in total. The van der Waals surface area contributed by atoms with Gasteiger partial charge in [0.15, 0.2) is 5.96 Å². The van der Waals surface area contributed by atoms with Crippen molar-refractivity contribution in [2.45, 2.75) is 53.7 Å². The highest BCUT2D eigenvalue weighted by molar-refractivity contribution is 14.0. The Kier molecular flexibility index (Phi) is 14.7. The number of rotatable bonds is 11. The molecule has 1 saturated heterocycles. The number of nitrogens with one attached hydrogen (secondary N) is 1. The third kappa shape index (κ3) is 10.1. The van der Waals surface area contributed by atoms with Gasteiger partial charge in [0.1, 0.15) is 0 Å². The summed E-state index contributed by atoms with van der Waals surface area (Å²) >= 11 is 0. The van der Waals surface area contributed by atoms with Crippen LogP contribution in [0.15, 0.2) is 4.99 Å². The first-order valence-electron chi connectivity index (χ1n) is 10.6. The Bertz CT molecular complexity index is 562. The van der Waals surface area contributed by atoms with Crippen LogP contribution in [0.4, 0.5) is 0 Å². The number of hydrogen-bond donors (Lipinski definition) is 1. The van der Waals surface area contributed by atoms with E-state index in [0.29, 0.717) is 32.2 Å². The molecule has 1 unspecified atom stereocenters. The van der Waals surface area contributed by atoms with Gasteiger partial charge in [-0.15, -0.1) is 24.0 Å². The summed E-state index contributed by atoms with van der Waals surface area (Å²) in [7, 11) is -3.27. The van der Waals surface area contributed by atoms with Crippen molar-refractivity contribution in [2.24, 2.45) is 4.99 Å². The summed E-state index contributed by atoms with van der Waals surface area (Å²) in [5, 5.41) is 3.35. The van der Waals surface area contributed by atoms with Crippen LogP contribution in [0.1, 0.15) is 41.5 Å². The van der Waals surface area contributed by atoms with Crippen molar-refractivity contribution in [1.82, 2.24) is 19.4 Å². The first-order valence-corrected chi connectivity index (χ1v) is 12.2. The molecule has 0 saturated carbocycles. The van der Waals surface area contributed by atoms with Crippen LogP contribution in [0.5, 0.6) is 0 Å². The zero-order chi connectivity index (χ0) is 21.2. The van der Waals surface area contributed by atoms with Crippen LogP contribution < -0.4 is 5.32 Å². The lowest BCUT2D eigenvalue weighted by atomic mass is 10.3. The summed E-state index contributed by atoms with van der Waals surface area (Å²) < 4.78 is 32.0. The van der Waals surface area contributed by atoms with Gasteiger partial charge in [-0.3, -0.25) is 9.89 Å². The molecule has 0 radical (unpaired) electrons. The second-order valence-electron chi connectivity index (χ2n) is 7.39. The Morgan fingerprint density at radius 3 is 2.17 bits per heavy atom. The van der Waals surface area contributed by atoms with E-state index in [1.165, 1.54) is 0 Å². The SMILES string of the molecule is CCNC(=NCC(C)N(CC)CC)N1CCN(S(=O)(=O)CCOC(C)C)CC1.I. The molecule has 1 fully saturated rings. The van der Waals surface area contributed by atoms with E-state index < -0.39 is 10.0 Å². The zero-order valence-electron chi connectivity index (χ0n) is 19.1. The van der Waals surface area contributed by atoms with Crippen molar-refractivity contribution in [3.63, 3.8) is 0 Å². The summed E-state index contributed by atoms with van der Waals surface area (Å²) in [6.45, 7) is 18.5. The standard InChI is InChI=1S/C19H41N5O3S.HI/c1-7-20-19(21-16-18(6)22(8-2)9-3)23-10-12-24(13-11-23)28(25,26)15-14-27-17(4)5;/h17-18H,7-16H2,1-6H3,(H,20,21);1H. The lowest BCUT2D eigenvalue weighted by Gasteiger charge is -2.36. The maximum Gasteiger partial charge on any atom is 0.216 e. The number of hydrogen-bond acceptors (Lipinski definition) is 5. The highest BCUT2D eigenvalue weighted by atomic mass is 127. The van der Waals surface area contributed by atoms with Gasteiger partial charge in [0, 0.05) is 38.8 Å². The first kappa shape index (κ1) is 28.8. The van der Waals surface area contributed by atoms with Crippen molar-refractivity contribution in [2.75, 3.05) is 64.7 Å². The molecule has 10 heteroatoms. The highest BCUT2D eigenvalue weighted by Gasteiger charge is 2.28. The summed E-state index contributed by atoms with van der Waals surface area (Å²) in [4.78, 5) is 9.36. The summed E-state index contributed by atoms with van der Waals surface area (Å²) in [5.41, 5.74) is 0. The van der Waals surface area contributed by atoms with Crippen molar-refractivity contribution in [3.05, 3.63) is 0 Å². The smallest absolute Gasteiger partial charge is 0.216 e. The normalized spacial score (nSPS) is 17.5. The van der Waals surface area contributed by atoms with Crippen molar-refractivity contribution in [1.29, 1.82) is 0 Å². The number of ether oxygens (including phenoxy) is 1. The first-order chi connectivity index (χ1) is 13.2. The molecule has 29 heavy (non-hydrogen) atoms. The molecule has 1 aliphatic rings. The lowest BCUT2D eigenvalue weighted by Crippen LogP contribution is -2.54.